The predicted octanol–water partition coefficient (Wildman–Crippen LogP) is 4.96. The number of pyridine rings is 1. The van der Waals surface area contributed by atoms with Gasteiger partial charge in [-0.2, -0.15) is 53.6 Å². The average molecular weight is 685 g/mol. The van der Waals surface area contributed by atoms with Gasteiger partial charge in [0.25, 0.3) is 0 Å². The SMILES string of the molecule is S.[O-][n+]1cc(-c2c(-n3cc(C(F)(F)F)nn3)ccc(Cl)c2F)ccc1[C@H](CCOC(F)F)n1cc(-c2cnnn2C(F)F)nn1. The van der Waals surface area contributed by atoms with Gasteiger partial charge in [0.1, 0.15) is 17.4 Å². The molecule has 45 heavy (non-hydrogen) atoms. The van der Waals surface area contributed by atoms with Crippen LogP contribution >= 0.6 is 25.1 Å². The Hall–Kier alpha value is -4.37. The number of ether oxygens (including phenoxy) is 1. The van der Waals surface area contributed by atoms with Gasteiger partial charge in [0.15, 0.2) is 17.7 Å². The molecule has 0 fully saturated rings. The summed E-state index contributed by atoms with van der Waals surface area (Å²) in [7, 11) is 0. The first-order valence-electron chi connectivity index (χ1n) is 12.1. The summed E-state index contributed by atoms with van der Waals surface area (Å²) in [6.07, 6.45) is -1.62. The number of benzene rings is 1. The van der Waals surface area contributed by atoms with Gasteiger partial charge in [-0.25, -0.2) is 13.8 Å². The van der Waals surface area contributed by atoms with Crippen LogP contribution < -0.4 is 4.73 Å². The van der Waals surface area contributed by atoms with Crippen molar-refractivity contribution in [3.05, 3.63) is 76.5 Å². The standard InChI is InChI=1S/C23H15ClF8N10O2.H2S/c24-12-2-4-16(40-10-18(35-38-40)23(30,31)32)19(20(12)25)11-1-3-15(41(43)8-11)14(5-6-44-22(28)29)39-9-13(34-37-39)17-7-33-36-42(17)21(26)27;/h1-4,7-10,14,21-22H,5-6H2;1H2/t14-;/m0./s1. The molecule has 0 N–H and O–H groups in total. The van der Waals surface area contributed by atoms with Gasteiger partial charge < -0.3 is 9.94 Å². The maximum atomic E-state index is 15.3. The largest absolute Gasteiger partial charge is 0.618 e. The molecule has 1 aromatic carbocycles. The Morgan fingerprint density at radius 1 is 1.00 bits per heavy atom. The third-order valence-corrected chi connectivity index (χ3v) is 6.46. The summed E-state index contributed by atoms with van der Waals surface area (Å²) in [4.78, 5) is 0. The van der Waals surface area contributed by atoms with Crippen molar-refractivity contribution in [3.63, 3.8) is 0 Å². The maximum absolute atomic E-state index is 15.3. The van der Waals surface area contributed by atoms with Crippen LogP contribution in [-0.4, -0.2) is 58.2 Å². The smallest absolute Gasteiger partial charge is 0.436 e. The van der Waals surface area contributed by atoms with E-state index in [1.54, 1.807) is 0 Å². The topological polar surface area (TPSA) is 128 Å². The summed E-state index contributed by atoms with van der Waals surface area (Å²) >= 11 is 5.92. The number of hydrogen-bond donors (Lipinski definition) is 0. The van der Waals surface area contributed by atoms with E-state index in [9.17, 15) is 35.9 Å². The molecule has 12 nitrogen and oxygen atoms in total. The van der Waals surface area contributed by atoms with Crippen molar-refractivity contribution in [2.24, 2.45) is 0 Å². The van der Waals surface area contributed by atoms with Gasteiger partial charge in [-0.3, -0.25) is 0 Å². The molecule has 240 valence electrons. The second-order valence-corrected chi connectivity index (χ2v) is 9.24. The first-order chi connectivity index (χ1) is 20.8. The van der Waals surface area contributed by atoms with E-state index in [1.807, 2.05) is 0 Å². The van der Waals surface area contributed by atoms with Crippen LogP contribution in [0, 0.1) is 11.0 Å². The van der Waals surface area contributed by atoms with Gasteiger partial charge in [0.2, 0.25) is 5.69 Å². The first-order valence-corrected chi connectivity index (χ1v) is 12.4. The van der Waals surface area contributed by atoms with E-state index in [4.69, 9.17) is 11.6 Å². The number of halogens is 9. The molecule has 5 rings (SSSR count). The van der Waals surface area contributed by atoms with Crippen LogP contribution in [0.25, 0.3) is 28.2 Å². The Labute approximate surface area is 257 Å². The third-order valence-electron chi connectivity index (χ3n) is 6.16. The normalized spacial score (nSPS) is 12.6. The van der Waals surface area contributed by atoms with Crippen molar-refractivity contribution in [2.45, 2.75) is 31.8 Å². The molecule has 0 saturated heterocycles. The van der Waals surface area contributed by atoms with Gasteiger partial charge in [0.05, 0.1) is 47.0 Å². The number of nitrogens with zero attached hydrogens (tertiary/aromatic N) is 10. The summed E-state index contributed by atoms with van der Waals surface area (Å²) in [5, 5.41) is 33.6. The highest BCUT2D eigenvalue weighted by Gasteiger charge is 2.35. The van der Waals surface area contributed by atoms with E-state index in [1.165, 1.54) is 18.2 Å². The van der Waals surface area contributed by atoms with E-state index in [0.29, 0.717) is 10.9 Å². The Kier molecular flexibility index (Phi) is 9.92. The molecular weight excluding hydrogens is 668 g/mol. The van der Waals surface area contributed by atoms with Crippen molar-refractivity contribution in [3.8, 4) is 28.2 Å². The predicted molar refractivity (Wildman–Crippen MR) is 141 cm³/mol. The molecule has 0 aliphatic rings. The lowest BCUT2D eigenvalue weighted by Crippen LogP contribution is -2.36. The van der Waals surface area contributed by atoms with Crippen molar-refractivity contribution < 1.29 is 44.6 Å². The molecule has 4 heterocycles. The lowest BCUT2D eigenvalue weighted by Gasteiger charge is -2.18. The molecule has 4 aromatic heterocycles. The second kappa shape index (κ2) is 13.3. The van der Waals surface area contributed by atoms with Gasteiger partial charge in [-0.05, 0) is 18.2 Å². The highest BCUT2D eigenvalue weighted by Crippen LogP contribution is 2.35. The summed E-state index contributed by atoms with van der Waals surface area (Å²) in [5.74, 6) is -1.09. The molecule has 0 radical (unpaired) electrons. The Bertz CT molecular complexity index is 1780. The molecule has 22 heteroatoms. The number of alkyl halides is 7. The van der Waals surface area contributed by atoms with Gasteiger partial charge in [-0.15, -0.1) is 15.3 Å². The molecule has 0 bridgehead atoms. The van der Waals surface area contributed by atoms with E-state index in [2.05, 4.69) is 35.7 Å². The van der Waals surface area contributed by atoms with Gasteiger partial charge in [0, 0.05) is 12.5 Å². The van der Waals surface area contributed by atoms with Crippen LogP contribution in [0.2, 0.25) is 5.02 Å². The number of rotatable bonds is 10. The molecular formula is C23H17ClF8N10O2S. The first kappa shape index (κ1) is 33.5. The fraction of sp³-hybridized carbons (Fsp3) is 0.261. The quantitative estimate of drug-likeness (QED) is 0.115. The lowest BCUT2D eigenvalue weighted by molar-refractivity contribution is -0.615. The van der Waals surface area contributed by atoms with Gasteiger partial charge in [-0.1, -0.05) is 27.2 Å². The molecule has 0 saturated carbocycles. The summed E-state index contributed by atoms with van der Waals surface area (Å²) in [6.45, 7) is -6.80. The van der Waals surface area contributed by atoms with Crippen LogP contribution in [0.15, 0.2) is 49.1 Å². The molecule has 1 atom stereocenters. The van der Waals surface area contributed by atoms with Gasteiger partial charge >= 0.3 is 19.3 Å². The van der Waals surface area contributed by atoms with Crippen LogP contribution in [0.3, 0.4) is 0 Å². The molecule has 0 unspecified atom stereocenters. The minimum absolute atomic E-state index is 0. The number of hydrogen-bond acceptors (Lipinski definition) is 8. The minimum atomic E-state index is -4.84. The van der Waals surface area contributed by atoms with E-state index in [0.717, 1.165) is 29.3 Å². The molecule has 5 aromatic rings. The highest BCUT2D eigenvalue weighted by molar-refractivity contribution is 7.59. The fourth-order valence-corrected chi connectivity index (χ4v) is 4.38. The molecule has 0 aliphatic heterocycles. The van der Waals surface area contributed by atoms with Crippen LogP contribution in [0.4, 0.5) is 35.1 Å². The van der Waals surface area contributed by atoms with Crippen molar-refractivity contribution in [1.29, 1.82) is 0 Å². The van der Waals surface area contributed by atoms with Crippen LogP contribution in [0.1, 0.15) is 30.4 Å². The van der Waals surface area contributed by atoms with E-state index in [-0.39, 0.29) is 57.7 Å². The average Bonchev–Trinajstić information content (AvgIpc) is 3.73. The zero-order valence-electron chi connectivity index (χ0n) is 22.0. The lowest BCUT2D eigenvalue weighted by atomic mass is 10.0. The summed E-state index contributed by atoms with van der Waals surface area (Å²) in [6, 6.07) is 3.46. The summed E-state index contributed by atoms with van der Waals surface area (Å²) < 4.78 is 113. The van der Waals surface area contributed by atoms with E-state index >= 15 is 4.39 Å². The molecule has 0 amide bonds. The Morgan fingerprint density at radius 3 is 2.40 bits per heavy atom. The fourth-order valence-electron chi connectivity index (χ4n) is 4.22. The highest BCUT2D eigenvalue weighted by atomic mass is 35.5. The van der Waals surface area contributed by atoms with Crippen molar-refractivity contribution in [1.82, 2.24) is 45.0 Å². The second-order valence-electron chi connectivity index (χ2n) is 8.83. The Balaban J connectivity index is 0.00000461. The maximum Gasteiger partial charge on any atom is 0.436 e. The Morgan fingerprint density at radius 2 is 1.76 bits per heavy atom. The minimum Gasteiger partial charge on any atom is -0.618 e. The summed E-state index contributed by atoms with van der Waals surface area (Å²) in [5.41, 5.74) is -2.69. The van der Waals surface area contributed by atoms with Crippen molar-refractivity contribution in [2.75, 3.05) is 6.61 Å². The molecule has 0 aliphatic carbocycles. The third kappa shape index (κ3) is 6.99. The van der Waals surface area contributed by atoms with E-state index < -0.39 is 54.1 Å². The molecule has 0 spiro atoms. The van der Waals surface area contributed by atoms with Crippen LogP contribution in [-0.2, 0) is 10.9 Å². The van der Waals surface area contributed by atoms with Crippen LogP contribution in [0.5, 0.6) is 0 Å². The van der Waals surface area contributed by atoms with Crippen molar-refractivity contribution >= 4 is 25.1 Å². The number of aromatic nitrogens is 10. The zero-order valence-corrected chi connectivity index (χ0v) is 23.7. The monoisotopic (exact) mass is 684 g/mol. The zero-order chi connectivity index (χ0) is 31.8.